The number of ether oxygens (including phenoxy) is 1. The molecule has 3 N–H and O–H groups in total. The first kappa shape index (κ1) is 24.7. The topological polar surface area (TPSA) is 109 Å². The minimum absolute atomic E-state index is 0.0458. The molecule has 0 spiro atoms. The Morgan fingerprint density at radius 2 is 1.92 bits per heavy atom. The summed E-state index contributed by atoms with van der Waals surface area (Å²) in [5.41, 5.74) is 5.98. The molecule has 4 aromatic rings. The number of nitrogens with zero attached hydrogens (tertiary/aromatic N) is 3. The van der Waals surface area contributed by atoms with E-state index < -0.39 is 0 Å². The Labute approximate surface area is 215 Å². The van der Waals surface area contributed by atoms with Gasteiger partial charge in [-0.15, -0.1) is 0 Å². The molecule has 8 heteroatoms. The van der Waals surface area contributed by atoms with Crippen LogP contribution in [0.5, 0.6) is 0 Å². The molecule has 188 valence electrons. The van der Waals surface area contributed by atoms with Gasteiger partial charge in [-0.2, -0.15) is 0 Å². The van der Waals surface area contributed by atoms with Crippen LogP contribution < -0.4 is 10.6 Å². The molecule has 0 aliphatic carbocycles. The molecular formula is C29H29N5O3. The van der Waals surface area contributed by atoms with Crippen molar-refractivity contribution in [1.29, 1.82) is 0 Å². The number of carbonyl (C=O) groups excluding carboxylic acids is 1. The molecule has 1 unspecified atom stereocenters. The molecule has 1 fully saturated rings. The lowest BCUT2D eigenvalue weighted by Crippen LogP contribution is -2.33. The lowest BCUT2D eigenvalue weighted by molar-refractivity contribution is -0.116. The van der Waals surface area contributed by atoms with Gasteiger partial charge in [-0.05, 0) is 41.8 Å². The van der Waals surface area contributed by atoms with E-state index in [1.807, 2.05) is 66.9 Å². The van der Waals surface area contributed by atoms with Gasteiger partial charge in [0.15, 0.2) is 5.82 Å². The first-order chi connectivity index (χ1) is 18.2. The maximum Gasteiger partial charge on any atom is 0.224 e. The van der Waals surface area contributed by atoms with Crippen molar-refractivity contribution in [1.82, 2.24) is 20.3 Å². The molecule has 0 bridgehead atoms. The van der Waals surface area contributed by atoms with Gasteiger partial charge in [0.1, 0.15) is 0 Å². The van der Waals surface area contributed by atoms with E-state index in [0.717, 1.165) is 45.7 Å². The van der Waals surface area contributed by atoms with Gasteiger partial charge in [-0.3, -0.25) is 9.78 Å². The SMILES string of the molecule is O=C(CCc1cccnc1)Nc1ccc(-c2nc(-c3cccc(CO)c3)ncc2C2CNCCO2)cc1. The third-order valence-electron chi connectivity index (χ3n) is 6.26. The van der Waals surface area contributed by atoms with Crippen molar-refractivity contribution < 1.29 is 14.6 Å². The van der Waals surface area contributed by atoms with Crippen LogP contribution >= 0.6 is 0 Å². The monoisotopic (exact) mass is 495 g/mol. The Balaban J connectivity index is 1.38. The summed E-state index contributed by atoms with van der Waals surface area (Å²) in [5.74, 6) is 0.526. The van der Waals surface area contributed by atoms with E-state index >= 15 is 0 Å². The number of anilines is 1. The number of hydrogen-bond acceptors (Lipinski definition) is 7. The number of benzene rings is 2. The Hall–Kier alpha value is -3.98. The van der Waals surface area contributed by atoms with Crippen LogP contribution in [0.15, 0.2) is 79.3 Å². The minimum atomic E-state index is -0.159. The van der Waals surface area contributed by atoms with Gasteiger partial charge in [-0.1, -0.05) is 36.4 Å². The molecule has 1 saturated heterocycles. The summed E-state index contributed by atoms with van der Waals surface area (Å²) in [6, 6.07) is 19.1. The van der Waals surface area contributed by atoms with Gasteiger partial charge < -0.3 is 20.5 Å². The fourth-order valence-electron chi connectivity index (χ4n) is 4.31. The maximum absolute atomic E-state index is 12.5. The molecule has 2 aromatic carbocycles. The van der Waals surface area contributed by atoms with Crippen molar-refractivity contribution >= 4 is 11.6 Å². The third kappa shape index (κ3) is 6.24. The fourth-order valence-corrected chi connectivity index (χ4v) is 4.31. The zero-order valence-corrected chi connectivity index (χ0v) is 20.4. The highest BCUT2D eigenvalue weighted by Gasteiger charge is 2.22. The van der Waals surface area contributed by atoms with Crippen LogP contribution in [0.1, 0.15) is 29.2 Å². The molecule has 0 radical (unpaired) electrons. The van der Waals surface area contributed by atoms with Crippen LogP contribution in [0.3, 0.4) is 0 Å². The van der Waals surface area contributed by atoms with E-state index in [4.69, 9.17) is 9.72 Å². The molecular weight excluding hydrogens is 466 g/mol. The second-order valence-corrected chi connectivity index (χ2v) is 8.91. The molecule has 5 rings (SSSR count). The molecule has 1 amide bonds. The Morgan fingerprint density at radius 1 is 1.05 bits per heavy atom. The largest absolute Gasteiger partial charge is 0.392 e. The molecule has 1 aliphatic rings. The number of pyridine rings is 1. The third-order valence-corrected chi connectivity index (χ3v) is 6.26. The summed E-state index contributed by atoms with van der Waals surface area (Å²) >= 11 is 0. The normalized spacial score (nSPS) is 15.3. The smallest absolute Gasteiger partial charge is 0.224 e. The van der Waals surface area contributed by atoms with E-state index in [1.54, 1.807) is 12.4 Å². The summed E-state index contributed by atoms with van der Waals surface area (Å²) < 4.78 is 6.01. The summed E-state index contributed by atoms with van der Waals surface area (Å²) in [7, 11) is 0. The van der Waals surface area contributed by atoms with Gasteiger partial charge in [0, 0.05) is 60.5 Å². The average Bonchev–Trinajstić information content (AvgIpc) is 2.97. The number of aryl methyl sites for hydroxylation is 1. The molecule has 2 aromatic heterocycles. The van der Waals surface area contributed by atoms with Gasteiger partial charge in [0.25, 0.3) is 0 Å². The van der Waals surface area contributed by atoms with E-state index in [0.29, 0.717) is 31.8 Å². The number of aliphatic hydroxyl groups is 1. The summed E-state index contributed by atoms with van der Waals surface area (Å²) in [6.07, 6.45) is 6.19. The quantitative estimate of drug-likeness (QED) is 0.340. The Bertz CT molecular complexity index is 1340. The van der Waals surface area contributed by atoms with E-state index in [1.165, 1.54) is 0 Å². The number of amides is 1. The predicted molar refractivity (Wildman–Crippen MR) is 142 cm³/mol. The zero-order chi connectivity index (χ0) is 25.5. The highest BCUT2D eigenvalue weighted by atomic mass is 16.5. The van der Waals surface area contributed by atoms with Crippen molar-refractivity contribution in [2.24, 2.45) is 0 Å². The predicted octanol–water partition coefficient (Wildman–Crippen LogP) is 3.93. The molecule has 1 aliphatic heterocycles. The minimum Gasteiger partial charge on any atom is -0.392 e. The van der Waals surface area contributed by atoms with E-state index in [9.17, 15) is 9.90 Å². The lowest BCUT2D eigenvalue weighted by Gasteiger charge is -2.25. The van der Waals surface area contributed by atoms with Crippen molar-refractivity contribution in [3.05, 3.63) is 95.9 Å². The van der Waals surface area contributed by atoms with Gasteiger partial charge >= 0.3 is 0 Å². The highest BCUT2D eigenvalue weighted by Crippen LogP contribution is 2.31. The van der Waals surface area contributed by atoms with Crippen molar-refractivity contribution in [2.75, 3.05) is 25.0 Å². The highest BCUT2D eigenvalue weighted by molar-refractivity contribution is 5.91. The summed E-state index contributed by atoms with van der Waals surface area (Å²) in [5, 5.41) is 15.9. The molecule has 3 heterocycles. The lowest BCUT2D eigenvalue weighted by atomic mass is 10.0. The Morgan fingerprint density at radius 3 is 2.68 bits per heavy atom. The number of rotatable bonds is 8. The molecule has 0 saturated carbocycles. The first-order valence-electron chi connectivity index (χ1n) is 12.4. The van der Waals surface area contributed by atoms with Crippen LogP contribution in [-0.4, -0.2) is 45.7 Å². The van der Waals surface area contributed by atoms with Gasteiger partial charge in [0.2, 0.25) is 5.91 Å². The van der Waals surface area contributed by atoms with E-state index in [-0.39, 0.29) is 18.6 Å². The second-order valence-electron chi connectivity index (χ2n) is 8.91. The average molecular weight is 496 g/mol. The number of carbonyl (C=O) groups is 1. The zero-order valence-electron chi connectivity index (χ0n) is 20.4. The molecule has 8 nitrogen and oxygen atoms in total. The number of morpholine rings is 1. The first-order valence-corrected chi connectivity index (χ1v) is 12.4. The fraction of sp³-hybridized carbons (Fsp3) is 0.241. The number of aromatic nitrogens is 3. The van der Waals surface area contributed by atoms with Crippen LogP contribution in [-0.2, 0) is 22.6 Å². The number of hydrogen-bond donors (Lipinski definition) is 3. The molecule has 37 heavy (non-hydrogen) atoms. The summed E-state index contributed by atoms with van der Waals surface area (Å²) in [6.45, 7) is 2.07. The van der Waals surface area contributed by atoms with Crippen molar-refractivity contribution in [2.45, 2.75) is 25.6 Å². The van der Waals surface area contributed by atoms with Crippen LogP contribution in [0.4, 0.5) is 5.69 Å². The number of aliphatic hydroxyl groups excluding tert-OH is 1. The van der Waals surface area contributed by atoms with Crippen LogP contribution in [0.2, 0.25) is 0 Å². The maximum atomic E-state index is 12.5. The standard InChI is InChI=1S/C29H29N5O3/c35-19-21-3-1-5-23(15-21)29-32-17-25(26-18-31-13-14-37-26)28(34-29)22-7-9-24(10-8-22)33-27(36)11-6-20-4-2-12-30-16-20/h1-5,7-10,12,15-17,26,31,35H,6,11,13-14,18-19H2,(H,33,36). The number of nitrogens with one attached hydrogen (secondary N) is 2. The van der Waals surface area contributed by atoms with Crippen LogP contribution in [0.25, 0.3) is 22.6 Å². The van der Waals surface area contributed by atoms with Crippen molar-refractivity contribution in [3.8, 4) is 22.6 Å². The van der Waals surface area contributed by atoms with Gasteiger partial charge in [-0.25, -0.2) is 9.97 Å². The molecule has 1 atom stereocenters. The van der Waals surface area contributed by atoms with Crippen LogP contribution in [0, 0.1) is 0 Å². The van der Waals surface area contributed by atoms with E-state index in [2.05, 4.69) is 20.6 Å². The second kappa shape index (κ2) is 11.8. The van der Waals surface area contributed by atoms with Crippen molar-refractivity contribution in [3.63, 3.8) is 0 Å². The Kier molecular flexibility index (Phi) is 7.90. The van der Waals surface area contributed by atoms with Gasteiger partial charge in [0.05, 0.1) is 25.0 Å². The summed E-state index contributed by atoms with van der Waals surface area (Å²) in [4.78, 5) is 26.1.